The highest BCUT2D eigenvalue weighted by Gasteiger charge is 2.20. The topological polar surface area (TPSA) is 3.24 Å². The van der Waals surface area contributed by atoms with Gasteiger partial charge in [-0.2, -0.15) is 0 Å². The molecule has 22 heavy (non-hydrogen) atoms. The van der Waals surface area contributed by atoms with Gasteiger partial charge in [0.1, 0.15) is 0 Å². The van der Waals surface area contributed by atoms with Gasteiger partial charge >= 0.3 is 0 Å². The average molecular weight is 311 g/mol. The lowest BCUT2D eigenvalue weighted by atomic mass is 9.90. The SMILES string of the molecule is CSc1ccccc1CN1CCC(Cc2ccccc2)CC1. The maximum absolute atomic E-state index is 2.62. The first-order valence-corrected chi connectivity index (χ1v) is 9.46. The molecule has 0 unspecified atom stereocenters. The summed E-state index contributed by atoms with van der Waals surface area (Å²) in [6.45, 7) is 3.58. The monoisotopic (exact) mass is 311 g/mol. The Labute approximate surface area is 138 Å². The van der Waals surface area contributed by atoms with Crippen LogP contribution in [0.2, 0.25) is 0 Å². The Morgan fingerprint density at radius 1 is 0.955 bits per heavy atom. The van der Waals surface area contributed by atoms with Crippen LogP contribution in [0.3, 0.4) is 0 Å². The van der Waals surface area contributed by atoms with Crippen molar-refractivity contribution in [1.82, 2.24) is 4.90 Å². The van der Waals surface area contributed by atoms with E-state index >= 15 is 0 Å². The molecule has 116 valence electrons. The van der Waals surface area contributed by atoms with Crippen molar-refractivity contribution >= 4 is 11.8 Å². The number of nitrogens with zero attached hydrogens (tertiary/aromatic N) is 1. The molecule has 0 spiro atoms. The van der Waals surface area contributed by atoms with Crippen LogP contribution < -0.4 is 0 Å². The normalized spacial score (nSPS) is 16.8. The van der Waals surface area contributed by atoms with Gasteiger partial charge in [-0.15, -0.1) is 11.8 Å². The molecule has 1 fully saturated rings. The fourth-order valence-corrected chi connectivity index (χ4v) is 3.98. The average Bonchev–Trinajstić information content (AvgIpc) is 2.58. The summed E-state index contributed by atoms with van der Waals surface area (Å²) in [6, 6.07) is 19.8. The fraction of sp³-hybridized carbons (Fsp3) is 0.400. The van der Waals surface area contributed by atoms with E-state index in [9.17, 15) is 0 Å². The van der Waals surface area contributed by atoms with E-state index in [1.807, 2.05) is 11.8 Å². The van der Waals surface area contributed by atoms with Crippen molar-refractivity contribution in [2.24, 2.45) is 5.92 Å². The van der Waals surface area contributed by atoms with Crippen molar-refractivity contribution in [2.75, 3.05) is 19.3 Å². The van der Waals surface area contributed by atoms with Gasteiger partial charge in [-0.05, 0) is 61.7 Å². The molecule has 0 bridgehead atoms. The molecule has 0 N–H and O–H groups in total. The Morgan fingerprint density at radius 3 is 2.36 bits per heavy atom. The van der Waals surface area contributed by atoms with Crippen LogP contribution in [0.25, 0.3) is 0 Å². The van der Waals surface area contributed by atoms with Crippen LogP contribution in [-0.2, 0) is 13.0 Å². The van der Waals surface area contributed by atoms with Crippen molar-refractivity contribution in [3.63, 3.8) is 0 Å². The molecule has 0 atom stereocenters. The molecular formula is C20H25NS. The summed E-state index contributed by atoms with van der Waals surface area (Å²) < 4.78 is 0. The number of piperidine rings is 1. The third-order valence-corrected chi connectivity index (χ3v) is 5.50. The molecule has 1 heterocycles. The highest BCUT2D eigenvalue weighted by Crippen LogP contribution is 2.25. The summed E-state index contributed by atoms with van der Waals surface area (Å²) in [5, 5.41) is 0. The van der Waals surface area contributed by atoms with E-state index in [-0.39, 0.29) is 0 Å². The Balaban J connectivity index is 1.51. The minimum absolute atomic E-state index is 0.856. The van der Waals surface area contributed by atoms with Crippen LogP contribution in [0.4, 0.5) is 0 Å². The van der Waals surface area contributed by atoms with E-state index in [2.05, 4.69) is 65.8 Å². The molecule has 1 aliphatic heterocycles. The summed E-state index contributed by atoms with van der Waals surface area (Å²) in [5.41, 5.74) is 2.98. The van der Waals surface area contributed by atoms with Crippen LogP contribution in [0, 0.1) is 5.92 Å². The molecule has 0 radical (unpaired) electrons. The molecule has 0 amide bonds. The maximum atomic E-state index is 2.62. The van der Waals surface area contributed by atoms with Crippen molar-refractivity contribution in [3.05, 3.63) is 65.7 Å². The van der Waals surface area contributed by atoms with E-state index < -0.39 is 0 Å². The molecule has 0 aliphatic carbocycles. The summed E-state index contributed by atoms with van der Waals surface area (Å²) in [4.78, 5) is 4.05. The number of hydrogen-bond donors (Lipinski definition) is 0. The first-order valence-electron chi connectivity index (χ1n) is 8.23. The Bertz CT molecular complexity index is 573. The van der Waals surface area contributed by atoms with Gasteiger partial charge in [-0.3, -0.25) is 4.90 Å². The quantitative estimate of drug-likeness (QED) is 0.725. The molecule has 2 aromatic carbocycles. The first kappa shape index (κ1) is 15.6. The molecule has 1 nitrogen and oxygen atoms in total. The first-order chi connectivity index (χ1) is 10.8. The molecule has 1 saturated heterocycles. The lowest BCUT2D eigenvalue weighted by Crippen LogP contribution is -2.34. The zero-order valence-corrected chi connectivity index (χ0v) is 14.2. The van der Waals surface area contributed by atoms with E-state index in [1.165, 1.54) is 48.4 Å². The fourth-order valence-electron chi connectivity index (χ4n) is 3.37. The lowest BCUT2D eigenvalue weighted by Gasteiger charge is -2.32. The van der Waals surface area contributed by atoms with Crippen molar-refractivity contribution in [2.45, 2.75) is 30.7 Å². The lowest BCUT2D eigenvalue weighted by molar-refractivity contribution is 0.176. The number of benzene rings is 2. The molecule has 2 heteroatoms. The van der Waals surface area contributed by atoms with Gasteiger partial charge in [-0.25, -0.2) is 0 Å². The van der Waals surface area contributed by atoms with Crippen LogP contribution in [0.1, 0.15) is 24.0 Å². The van der Waals surface area contributed by atoms with Gasteiger partial charge in [0.15, 0.2) is 0 Å². The second-order valence-corrected chi connectivity index (χ2v) is 7.07. The molecule has 3 rings (SSSR count). The largest absolute Gasteiger partial charge is 0.299 e. The standard InChI is InChI=1S/C20H25NS/c1-22-20-10-6-5-9-19(20)16-21-13-11-18(12-14-21)15-17-7-3-2-4-8-17/h2-10,18H,11-16H2,1H3. The summed E-state index contributed by atoms with van der Waals surface area (Å²) in [7, 11) is 0. The van der Waals surface area contributed by atoms with Gasteiger partial charge in [-0.1, -0.05) is 48.5 Å². The van der Waals surface area contributed by atoms with E-state index in [0.29, 0.717) is 0 Å². The third-order valence-electron chi connectivity index (χ3n) is 4.66. The second kappa shape index (κ2) is 7.85. The van der Waals surface area contributed by atoms with Crippen LogP contribution in [0.5, 0.6) is 0 Å². The minimum Gasteiger partial charge on any atom is -0.299 e. The van der Waals surface area contributed by atoms with Gasteiger partial charge in [0.2, 0.25) is 0 Å². The third kappa shape index (κ3) is 4.15. The predicted octanol–water partition coefficient (Wildman–Crippen LogP) is 4.86. The summed E-state index contributed by atoms with van der Waals surface area (Å²) >= 11 is 1.86. The number of hydrogen-bond acceptors (Lipinski definition) is 2. The Kier molecular flexibility index (Phi) is 5.58. The Morgan fingerprint density at radius 2 is 1.64 bits per heavy atom. The zero-order chi connectivity index (χ0) is 15.2. The molecular weight excluding hydrogens is 286 g/mol. The Hall–Kier alpha value is -1.25. The van der Waals surface area contributed by atoms with Gasteiger partial charge in [0.25, 0.3) is 0 Å². The molecule has 0 saturated carbocycles. The van der Waals surface area contributed by atoms with Gasteiger partial charge in [0.05, 0.1) is 0 Å². The van der Waals surface area contributed by atoms with E-state index in [4.69, 9.17) is 0 Å². The number of likely N-dealkylation sites (tertiary alicyclic amines) is 1. The molecule has 0 aromatic heterocycles. The highest BCUT2D eigenvalue weighted by atomic mass is 32.2. The zero-order valence-electron chi connectivity index (χ0n) is 13.4. The number of rotatable bonds is 5. The molecule has 1 aliphatic rings. The molecule has 2 aromatic rings. The minimum atomic E-state index is 0.856. The van der Waals surface area contributed by atoms with Crippen molar-refractivity contribution in [3.8, 4) is 0 Å². The van der Waals surface area contributed by atoms with Crippen LogP contribution in [0.15, 0.2) is 59.5 Å². The van der Waals surface area contributed by atoms with Crippen LogP contribution >= 0.6 is 11.8 Å². The van der Waals surface area contributed by atoms with Gasteiger partial charge < -0.3 is 0 Å². The predicted molar refractivity (Wildman–Crippen MR) is 96.4 cm³/mol. The maximum Gasteiger partial charge on any atom is 0.0244 e. The summed E-state index contributed by atoms with van der Waals surface area (Å²) in [6.07, 6.45) is 6.08. The van der Waals surface area contributed by atoms with E-state index in [1.54, 1.807) is 0 Å². The van der Waals surface area contributed by atoms with Crippen LogP contribution in [-0.4, -0.2) is 24.2 Å². The summed E-state index contributed by atoms with van der Waals surface area (Å²) in [5.74, 6) is 0.856. The van der Waals surface area contributed by atoms with Crippen molar-refractivity contribution in [1.29, 1.82) is 0 Å². The van der Waals surface area contributed by atoms with E-state index in [0.717, 1.165) is 12.5 Å². The highest BCUT2D eigenvalue weighted by molar-refractivity contribution is 7.98. The van der Waals surface area contributed by atoms with Gasteiger partial charge in [0, 0.05) is 11.4 Å². The second-order valence-electron chi connectivity index (χ2n) is 6.22. The smallest absolute Gasteiger partial charge is 0.0244 e. The number of thioether (sulfide) groups is 1. The van der Waals surface area contributed by atoms with Crippen molar-refractivity contribution < 1.29 is 0 Å².